The lowest BCUT2D eigenvalue weighted by Crippen LogP contribution is -1.95. The van der Waals surface area contributed by atoms with E-state index < -0.39 is 0 Å². The van der Waals surface area contributed by atoms with Crippen molar-refractivity contribution in [2.45, 2.75) is 20.3 Å². The molecule has 0 amide bonds. The van der Waals surface area contributed by atoms with Gasteiger partial charge in [0.05, 0.1) is 7.11 Å². The third-order valence-electron chi connectivity index (χ3n) is 1.97. The highest BCUT2D eigenvalue weighted by molar-refractivity contribution is 5.40. The predicted molar refractivity (Wildman–Crippen MR) is 47.1 cm³/mol. The van der Waals surface area contributed by atoms with Crippen molar-refractivity contribution < 1.29 is 9.13 Å². The average Bonchev–Trinajstić information content (AvgIpc) is 2.03. The number of aryl methyl sites for hydroxylation is 1. The molecule has 0 saturated heterocycles. The molecule has 2 heteroatoms. The van der Waals surface area contributed by atoms with Gasteiger partial charge in [0, 0.05) is 6.07 Å². The van der Waals surface area contributed by atoms with Crippen molar-refractivity contribution in [1.29, 1.82) is 0 Å². The number of rotatable bonds is 2. The normalized spacial score (nSPS) is 10.0. The van der Waals surface area contributed by atoms with Gasteiger partial charge in [0.2, 0.25) is 0 Å². The Balaban J connectivity index is 3.24. The summed E-state index contributed by atoms with van der Waals surface area (Å²) in [6, 6.07) is 2.95. The molecule has 0 radical (unpaired) electrons. The summed E-state index contributed by atoms with van der Waals surface area (Å²) in [7, 11) is 1.56. The molecule has 0 aliphatic heterocycles. The lowest BCUT2D eigenvalue weighted by atomic mass is 10.1. The lowest BCUT2D eigenvalue weighted by Gasteiger charge is -2.09. The summed E-state index contributed by atoms with van der Waals surface area (Å²) < 4.78 is 17.9. The van der Waals surface area contributed by atoms with Crippen molar-refractivity contribution in [3.8, 4) is 5.75 Å². The highest BCUT2D eigenvalue weighted by atomic mass is 19.1. The third-order valence-corrected chi connectivity index (χ3v) is 1.97. The molecular formula is C10H13FO. The summed E-state index contributed by atoms with van der Waals surface area (Å²) >= 11 is 0. The maximum absolute atomic E-state index is 12.9. The number of hydrogen-bond donors (Lipinski definition) is 0. The molecule has 66 valence electrons. The molecule has 12 heavy (non-hydrogen) atoms. The Morgan fingerprint density at radius 3 is 2.58 bits per heavy atom. The average molecular weight is 168 g/mol. The molecule has 0 N–H and O–H groups in total. The minimum absolute atomic E-state index is 0.235. The van der Waals surface area contributed by atoms with Crippen molar-refractivity contribution in [2.24, 2.45) is 0 Å². The molecule has 1 aromatic carbocycles. The van der Waals surface area contributed by atoms with E-state index >= 15 is 0 Å². The Labute approximate surface area is 72.2 Å². The van der Waals surface area contributed by atoms with Gasteiger partial charge in [-0.25, -0.2) is 4.39 Å². The van der Waals surface area contributed by atoms with Crippen LogP contribution in [0.2, 0.25) is 0 Å². The first-order chi connectivity index (χ1) is 5.69. The predicted octanol–water partition coefficient (Wildman–Crippen LogP) is 2.71. The zero-order chi connectivity index (χ0) is 9.14. The van der Waals surface area contributed by atoms with Crippen molar-refractivity contribution in [3.63, 3.8) is 0 Å². The second-order valence-electron chi connectivity index (χ2n) is 2.76. The summed E-state index contributed by atoms with van der Waals surface area (Å²) in [5.41, 5.74) is 2.04. The van der Waals surface area contributed by atoms with Gasteiger partial charge >= 0.3 is 0 Å². The van der Waals surface area contributed by atoms with Crippen molar-refractivity contribution >= 4 is 0 Å². The molecule has 0 heterocycles. The maximum Gasteiger partial charge on any atom is 0.127 e. The smallest absolute Gasteiger partial charge is 0.127 e. The molecule has 0 unspecified atom stereocenters. The number of methoxy groups -OCH3 is 1. The fourth-order valence-electron chi connectivity index (χ4n) is 1.38. The molecule has 0 spiro atoms. The van der Waals surface area contributed by atoms with Gasteiger partial charge in [-0.3, -0.25) is 0 Å². The number of ether oxygens (including phenoxy) is 1. The van der Waals surface area contributed by atoms with Crippen LogP contribution < -0.4 is 4.74 Å². The molecule has 1 nitrogen and oxygen atoms in total. The molecule has 0 bridgehead atoms. The van der Waals surface area contributed by atoms with Gasteiger partial charge in [0.1, 0.15) is 11.6 Å². The molecule has 0 fully saturated rings. The zero-order valence-corrected chi connectivity index (χ0v) is 7.65. The second-order valence-corrected chi connectivity index (χ2v) is 2.76. The lowest BCUT2D eigenvalue weighted by molar-refractivity contribution is 0.406. The van der Waals surface area contributed by atoms with Crippen molar-refractivity contribution in [2.75, 3.05) is 7.11 Å². The van der Waals surface area contributed by atoms with E-state index in [1.807, 2.05) is 13.8 Å². The molecule has 0 atom stereocenters. The molecule has 1 rings (SSSR count). The van der Waals surface area contributed by atoms with Crippen molar-refractivity contribution in [3.05, 3.63) is 29.1 Å². The highest BCUT2D eigenvalue weighted by Crippen LogP contribution is 2.23. The Morgan fingerprint density at radius 2 is 2.08 bits per heavy atom. The van der Waals surface area contributed by atoms with Gasteiger partial charge in [0.15, 0.2) is 0 Å². The first-order valence-corrected chi connectivity index (χ1v) is 4.02. The van der Waals surface area contributed by atoms with Crippen LogP contribution in [0.5, 0.6) is 5.75 Å². The molecule has 0 saturated carbocycles. The van der Waals surface area contributed by atoms with Gasteiger partial charge < -0.3 is 4.74 Å². The Kier molecular flexibility index (Phi) is 2.69. The Hall–Kier alpha value is -1.05. The summed E-state index contributed by atoms with van der Waals surface area (Å²) in [6.45, 7) is 3.92. The molecule has 0 aromatic heterocycles. The van der Waals surface area contributed by atoms with Gasteiger partial charge in [-0.05, 0) is 30.5 Å². The van der Waals surface area contributed by atoms with E-state index in [9.17, 15) is 4.39 Å². The van der Waals surface area contributed by atoms with E-state index in [-0.39, 0.29) is 5.82 Å². The largest absolute Gasteiger partial charge is 0.496 e. The van der Waals surface area contributed by atoms with Gasteiger partial charge in [0.25, 0.3) is 0 Å². The van der Waals surface area contributed by atoms with Gasteiger partial charge in [-0.1, -0.05) is 6.92 Å². The standard InChI is InChI=1S/C10H13FO/c1-4-9-7(2)5-8(11)6-10(9)12-3/h5-6H,4H2,1-3H3. The monoisotopic (exact) mass is 168 g/mol. The van der Waals surface area contributed by atoms with Crippen LogP contribution in [-0.2, 0) is 6.42 Å². The van der Waals surface area contributed by atoms with Crippen LogP contribution in [0.15, 0.2) is 12.1 Å². The van der Waals surface area contributed by atoms with E-state index in [4.69, 9.17) is 4.74 Å². The van der Waals surface area contributed by atoms with Crippen LogP contribution in [-0.4, -0.2) is 7.11 Å². The minimum Gasteiger partial charge on any atom is -0.496 e. The SMILES string of the molecule is CCc1c(C)cc(F)cc1OC. The van der Waals surface area contributed by atoms with E-state index in [2.05, 4.69) is 0 Å². The van der Waals surface area contributed by atoms with Gasteiger partial charge in [-0.2, -0.15) is 0 Å². The molecule has 1 aromatic rings. The van der Waals surface area contributed by atoms with Crippen LogP contribution in [0.3, 0.4) is 0 Å². The number of benzene rings is 1. The fraction of sp³-hybridized carbons (Fsp3) is 0.400. The fourth-order valence-corrected chi connectivity index (χ4v) is 1.38. The minimum atomic E-state index is -0.235. The highest BCUT2D eigenvalue weighted by Gasteiger charge is 2.06. The van der Waals surface area contributed by atoms with Crippen LogP contribution in [0.25, 0.3) is 0 Å². The molecule has 0 aliphatic carbocycles. The number of halogens is 1. The van der Waals surface area contributed by atoms with E-state index in [1.165, 1.54) is 12.1 Å². The van der Waals surface area contributed by atoms with Crippen molar-refractivity contribution in [1.82, 2.24) is 0 Å². The summed E-state index contributed by atoms with van der Waals surface area (Å²) in [4.78, 5) is 0. The van der Waals surface area contributed by atoms with E-state index in [1.54, 1.807) is 7.11 Å². The maximum atomic E-state index is 12.9. The van der Waals surface area contributed by atoms with Crippen LogP contribution in [0, 0.1) is 12.7 Å². The summed E-state index contributed by atoms with van der Waals surface area (Å²) in [5.74, 6) is 0.413. The van der Waals surface area contributed by atoms with Crippen LogP contribution >= 0.6 is 0 Å². The quantitative estimate of drug-likeness (QED) is 0.659. The van der Waals surface area contributed by atoms with Crippen LogP contribution in [0.4, 0.5) is 4.39 Å². The van der Waals surface area contributed by atoms with Gasteiger partial charge in [-0.15, -0.1) is 0 Å². The molecule has 0 aliphatic rings. The Bertz CT molecular complexity index is 281. The number of hydrogen-bond acceptors (Lipinski definition) is 1. The summed E-state index contributed by atoms with van der Waals surface area (Å²) in [6.07, 6.45) is 0.870. The second kappa shape index (κ2) is 3.57. The Morgan fingerprint density at radius 1 is 1.42 bits per heavy atom. The first kappa shape index (κ1) is 9.04. The topological polar surface area (TPSA) is 9.23 Å². The molecular weight excluding hydrogens is 155 g/mol. The first-order valence-electron chi connectivity index (χ1n) is 4.02. The third kappa shape index (κ3) is 1.58. The van der Waals surface area contributed by atoms with E-state index in [0.29, 0.717) is 5.75 Å². The van der Waals surface area contributed by atoms with Crippen LogP contribution in [0.1, 0.15) is 18.1 Å². The zero-order valence-electron chi connectivity index (χ0n) is 7.65. The summed E-state index contributed by atoms with van der Waals surface area (Å²) in [5, 5.41) is 0. The van der Waals surface area contributed by atoms with E-state index in [0.717, 1.165) is 17.5 Å².